The van der Waals surface area contributed by atoms with Crippen molar-refractivity contribution >= 4 is 11.8 Å². The van der Waals surface area contributed by atoms with Gasteiger partial charge in [-0.1, -0.05) is 13.3 Å². The van der Waals surface area contributed by atoms with Crippen LogP contribution in [0.15, 0.2) is 12.4 Å². The zero-order valence-corrected chi connectivity index (χ0v) is 12.3. The van der Waals surface area contributed by atoms with E-state index in [1.807, 2.05) is 0 Å². The molecule has 0 aromatic carbocycles. The SMILES string of the molecule is CCCc1cc(N2CCCCC2CC(=O)OC)ncn1. The van der Waals surface area contributed by atoms with Gasteiger partial charge in [0.15, 0.2) is 0 Å². The van der Waals surface area contributed by atoms with Gasteiger partial charge in [0, 0.05) is 24.3 Å². The summed E-state index contributed by atoms with van der Waals surface area (Å²) in [5.74, 6) is 0.793. The summed E-state index contributed by atoms with van der Waals surface area (Å²) in [6.45, 7) is 3.09. The van der Waals surface area contributed by atoms with E-state index in [4.69, 9.17) is 4.74 Å². The molecule has 1 fully saturated rings. The summed E-state index contributed by atoms with van der Waals surface area (Å²) in [5, 5.41) is 0. The summed E-state index contributed by atoms with van der Waals surface area (Å²) < 4.78 is 4.80. The molecule has 20 heavy (non-hydrogen) atoms. The molecule has 1 aromatic rings. The topological polar surface area (TPSA) is 55.3 Å². The van der Waals surface area contributed by atoms with Crippen molar-refractivity contribution in [2.45, 2.75) is 51.5 Å². The normalized spacial score (nSPS) is 18.9. The van der Waals surface area contributed by atoms with Gasteiger partial charge < -0.3 is 9.64 Å². The van der Waals surface area contributed by atoms with E-state index in [0.29, 0.717) is 6.42 Å². The van der Waals surface area contributed by atoms with Crippen molar-refractivity contribution < 1.29 is 9.53 Å². The van der Waals surface area contributed by atoms with Crippen LogP contribution in [-0.2, 0) is 16.0 Å². The van der Waals surface area contributed by atoms with Gasteiger partial charge in [-0.05, 0) is 25.7 Å². The highest BCUT2D eigenvalue weighted by atomic mass is 16.5. The Morgan fingerprint density at radius 3 is 3.05 bits per heavy atom. The number of carbonyl (C=O) groups is 1. The summed E-state index contributed by atoms with van der Waals surface area (Å²) >= 11 is 0. The third-order valence-electron chi connectivity index (χ3n) is 3.77. The number of carbonyl (C=O) groups excluding carboxylic acids is 1. The predicted molar refractivity (Wildman–Crippen MR) is 77.6 cm³/mol. The van der Waals surface area contributed by atoms with Crippen molar-refractivity contribution in [3.63, 3.8) is 0 Å². The van der Waals surface area contributed by atoms with Crippen molar-refractivity contribution in [2.75, 3.05) is 18.6 Å². The zero-order chi connectivity index (χ0) is 14.4. The fourth-order valence-electron chi connectivity index (χ4n) is 2.73. The average molecular weight is 277 g/mol. The first kappa shape index (κ1) is 14.8. The van der Waals surface area contributed by atoms with E-state index in [1.54, 1.807) is 6.33 Å². The molecule has 0 aliphatic carbocycles. The van der Waals surface area contributed by atoms with Crippen LogP contribution in [-0.4, -0.2) is 35.6 Å². The molecule has 0 amide bonds. The van der Waals surface area contributed by atoms with Gasteiger partial charge in [0.25, 0.3) is 0 Å². The number of nitrogens with zero attached hydrogens (tertiary/aromatic N) is 3. The van der Waals surface area contributed by atoms with Gasteiger partial charge in [0.05, 0.1) is 13.5 Å². The molecule has 0 bridgehead atoms. The molecule has 1 saturated heterocycles. The third kappa shape index (κ3) is 3.68. The molecule has 0 radical (unpaired) electrons. The molecule has 1 unspecified atom stereocenters. The Morgan fingerprint density at radius 2 is 2.30 bits per heavy atom. The van der Waals surface area contributed by atoms with Gasteiger partial charge in [-0.15, -0.1) is 0 Å². The summed E-state index contributed by atoms with van der Waals surface area (Å²) in [7, 11) is 1.44. The second kappa shape index (κ2) is 7.22. The standard InChI is InChI=1S/C15H23N3O2/c1-3-6-12-9-14(17-11-16-12)18-8-5-4-7-13(18)10-15(19)20-2/h9,11,13H,3-8,10H2,1-2H3. The highest BCUT2D eigenvalue weighted by Crippen LogP contribution is 2.25. The minimum Gasteiger partial charge on any atom is -0.469 e. The Kier molecular flexibility index (Phi) is 5.32. The number of rotatable bonds is 5. The fourth-order valence-corrected chi connectivity index (χ4v) is 2.73. The lowest BCUT2D eigenvalue weighted by atomic mass is 9.99. The van der Waals surface area contributed by atoms with E-state index < -0.39 is 0 Å². The van der Waals surface area contributed by atoms with Crippen molar-refractivity contribution in [1.82, 2.24) is 9.97 Å². The summed E-state index contributed by atoms with van der Waals surface area (Å²) in [4.78, 5) is 22.5. The van der Waals surface area contributed by atoms with Gasteiger partial charge in [-0.25, -0.2) is 9.97 Å². The molecule has 110 valence electrons. The van der Waals surface area contributed by atoms with E-state index in [9.17, 15) is 4.79 Å². The highest BCUT2D eigenvalue weighted by molar-refractivity contribution is 5.70. The fraction of sp³-hybridized carbons (Fsp3) is 0.667. The Morgan fingerprint density at radius 1 is 1.45 bits per heavy atom. The van der Waals surface area contributed by atoms with Crippen LogP contribution in [0.2, 0.25) is 0 Å². The van der Waals surface area contributed by atoms with Crippen molar-refractivity contribution in [1.29, 1.82) is 0 Å². The average Bonchev–Trinajstić information content (AvgIpc) is 2.48. The molecule has 1 aliphatic rings. The van der Waals surface area contributed by atoms with Crippen LogP contribution in [0.3, 0.4) is 0 Å². The van der Waals surface area contributed by atoms with Gasteiger partial charge in [-0.2, -0.15) is 0 Å². The molecule has 1 aliphatic heterocycles. The largest absolute Gasteiger partial charge is 0.469 e. The molecule has 1 atom stereocenters. The van der Waals surface area contributed by atoms with Crippen LogP contribution in [0.1, 0.15) is 44.7 Å². The number of aryl methyl sites for hydroxylation is 1. The lowest BCUT2D eigenvalue weighted by molar-refractivity contribution is -0.141. The van der Waals surface area contributed by atoms with Crippen LogP contribution >= 0.6 is 0 Å². The number of esters is 1. The first-order chi connectivity index (χ1) is 9.74. The molecule has 5 heteroatoms. The van der Waals surface area contributed by atoms with Gasteiger partial charge in [0.1, 0.15) is 12.1 Å². The van der Waals surface area contributed by atoms with Gasteiger partial charge in [-0.3, -0.25) is 4.79 Å². The molecule has 0 saturated carbocycles. The van der Waals surface area contributed by atoms with Crippen LogP contribution in [0.4, 0.5) is 5.82 Å². The Balaban J connectivity index is 2.14. The Bertz CT molecular complexity index is 450. The number of piperidine rings is 1. The molecule has 2 rings (SSSR count). The third-order valence-corrected chi connectivity index (χ3v) is 3.77. The second-order valence-corrected chi connectivity index (χ2v) is 5.24. The molecule has 0 N–H and O–H groups in total. The van der Waals surface area contributed by atoms with Crippen molar-refractivity contribution in [2.24, 2.45) is 0 Å². The highest BCUT2D eigenvalue weighted by Gasteiger charge is 2.26. The quantitative estimate of drug-likeness (QED) is 0.773. The summed E-state index contributed by atoms with van der Waals surface area (Å²) in [5.41, 5.74) is 1.07. The number of hydrogen-bond donors (Lipinski definition) is 0. The second-order valence-electron chi connectivity index (χ2n) is 5.24. The first-order valence-corrected chi connectivity index (χ1v) is 7.39. The van der Waals surface area contributed by atoms with E-state index in [-0.39, 0.29) is 12.0 Å². The van der Waals surface area contributed by atoms with Crippen LogP contribution in [0.25, 0.3) is 0 Å². The number of ether oxygens (including phenoxy) is 1. The van der Waals surface area contributed by atoms with Crippen LogP contribution in [0, 0.1) is 0 Å². The Labute approximate surface area is 120 Å². The predicted octanol–water partition coefficient (Wildman–Crippen LogP) is 2.35. The van der Waals surface area contributed by atoms with E-state index in [0.717, 1.165) is 50.2 Å². The smallest absolute Gasteiger partial charge is 0.307 e. The minimum atomic E-state index is -0.148. The summed E-state index contributed by atoms with van der Waals surface area (Å²) in [6, 6.07) is 2.25. The van der Waals surface area contributed by atoms with E-state index in [1.165, 1.54) is 7.11 Å². The molecule has 0 spiro atoms. The maximum atomic E-state index is 11.5. The number of anilines is 1. The first-order valence-electron chi connectivity index (χ1n) is 7.39. The molecular formula is C15H23N3O2. The monoisotopic (exact) mass is 277 g/mol. The number of methoxy groups -OCH3 is 1. The van der Waals surface area contributed by atoms with Gasteiger partial charge in [0.2, 0.25) is 0 Å². The van der Waals surface area contributed by atoms with E-state index >= 15 is 0 Å². The maximum Gasteiger partial charge on any atom is 0.307 e. The van der Waals surface area contributed by atoms with E-state index in [2.05, 4.69) is 27.9 Å². The lowest BCUT2D eigenvalue weighted by Gasteiger charge is -2.36. The summed E-state index contributed by atoms with van der Waals surface area (Å²) in [6.07, 6.45) is 7.42. The van der Waals surface area contributed by atoms with Crippen LogP contribution < -0.4 is 4.90 Å². The molecule has 5 nitrogen and oxygen atoms in total. The molecule has 1 aromatic heterocycles. The number of aromatic nitrogens is 2. The molecular weight excluding hydrogens is 254 g/mol. The number of hydrogen-bond acceptors (Lipinski definition) is 5. The maximum absolute atomic E-state index is 11.5. The molecule has 2 heterocycles. The zero-order valence-electron chi connectivity index (χ0n) is 12.3. The van der Waals surface area contributed by atoms with Crippen LogP contribution in [0.5, 0.6) is 0 Å². The lowest BCUT2D eigenvalue weighted by Crippen LogP contribution is -2.41. The minimum absolute atomic E-state index is 0.148. The van der Waals surface area contributed by atoms with Gasteiger partial charge >= 0.3 is 5.97 Å². The van der Waals surface area contributed by atoms with Crippen molar-refractivity contribution in [3.8, 4) is 0 Å². The van der Waals surface area contributed by atoms with Crippen molar-refractivity contribution in [3.05, 3.63) is 18.1 Å². The Hall–Kier alpha value is -1.65.